The first-order valence-corrected chi connectivity index (χ1v) is 4.21. The van der Waals surface area contributed by atoms with Gasteiger partial charge < -0.3 is 15.2 Å². The van der Waals surface area contributed by atoms with Gasteiger partial charge in [0.15, 0.2) is 0 Å². The van der Waals surface area contributed by atoms with E-state index in [0.29, 0.717) is 13.2 Å². The molecular weight excluding hydrogens is 166 g/mol. The highest BCUT2D eigenvalue weighted by atomic mass is 16.5. The van der Waals surface area contributed by atoms with Crippen LogP contribution in [0.3, 0.4) is 0 Å². The number of rotatable bonds is 4. The lowest BCUT2D eigenvalue weighted by Gasteiger charge is -2.07. The molecule has 0 spiro atoms. The normalized spacial score (nSPS) is 10.0. The van der Waals surface area contributed by atoms with Crippen LogP contribution in [0.1, 0.15) is 5.56 Å². The summed E-state index contributed by atoms with van der Waals surface area (Å²) >= 11 is 0. The van der Waals surface area contributed by atoms with Crippen LogP contribution in [-0.4, -0.2) is 20.3 Å². The molecule has 0 saturated heterocycles. The van der Waals surface area contributed by atoms with E-state index in [2.05, 4.69) is 0 Å². The van der Waals surface area contributed by atoms with Crippen molar-refractivity contribution < 1.29 is 9.47 Å². The Morgan fingerprint density at radius 3 is 2.62 bits per heavy atom. The Bertz CT molecular complexity index is 253. The third-order valence-corrected chi connectivity index (χ3v) is 1.63. The molecule has 0 aliphatic rings. The summed E-state index contributed by atoms with van der Waals surface area (Å²) < 4.78 is 10.3. The second-order valence-corrected chi connectivity index (χ2v) is 2.92. The number of anilines is 1. The fourth-order valence-electron chi connectivity index (χ4n) is 1.10. The summed E-state index contributed by atoms with van der Waals surface area (Å²) in [5.41, 5.74) is 7.49. The Balaban J connectivity index is 2.56. The van der Waals surface area contributed by atoms with Crippen molar-refractivity contribution in [3.8, 4) is 5.75 Å². The van der Waals surface area contributed by atoms with E-state index in [0.717, 1.165) is 17.0 Å². The largest absolute Gasteiger partial charge is 0.491 e. The summed E-state index contributed by atoms with van der Waals surface area (Å²) in [6.45, 7) is 3.13. The maximum atomic E-state index is 5.65. The Morgan fingerprint density at radius 2 is 2.00 bits per heavy atom. The summed E-state index contributed by atoms with van der Waals surface area (Å²) in [5, 5.41) is 0. The Hall–Kier alpha value is -1.22. The highest BCUT2D eigenvalue weighted by Gasteiger charge is 1.96. The van der Waals surface area contributed by atoms with Gasteiger partial charge in [-0.05, 0) is 24.6 Å². The van der Waals surface area contributed by atoms with E-state index < -0.39 is 0 Å². The number of hydrogen-bond donors (Lipinski definition) is 1. The van der Waals surface area contributed by atoms with E-state index >= 15 is 0 Å². The van der Waals surface area contributed by atoms with Crippen LogP contribution in [0.25, 0.3) is 0 Å². The summed E-state index contributed by atoms with van der Waals surface area (Å²) in [7, 11) is 1.65. The molecular formula is C10H15NO2. The molecule has 1 aromatic rings. The maximum absolute atomic E-state index is 5.65. The number of nitrogen functional groups attached to an aromatic ring is 1. The van der Waals surface area contributed by atoms with Gasteiger partial charge >= 0.3 is 0 Å². The summed E-state index contributed by atoms with van der Waals surface area (Å²) in [4.78, 5) is 0. The van der Waals surface area contributed by atoms with Gasteiger partial charge in [-0.25, -0.2) is 0 Å². The van der Waals surface area contributed by atoms with E-state index in [1.54, 1.807) is 7.11 Å². The predicted molar refractivity (Wildman–Crippen MR) is 53.0 cm³/mol. The van der Waals surface area contributed by atoms with Gasteiger partial charge in [0.2, 0.25) is 0 Å². The van der Waals surface area contributed by atoms with Crippen LogP contribution in [0.15, 0.2) is 18.2 Å². The average molecular weight is 181 g/mol. The van der Waals surface area contributed by atoms with Crippen LogP contribution >= 0.6 is 0 Å². The molecule has 0 aromatic heterocycles. The lowest BCUT2D eigenvalue weighted by Crippen LogP contribution is -2.04. The molecule has 3 nitrogen and oxygen atoms in total. The fraction of sp³-hybridized carbons (Fsp3) is 0.400. The quantitative estimate of drug-likeness (QED) is 0.567. The summed E-state index contributed by atoms with van der Waals surface area (Å²) in [5.74, 6) is 0.801. The number of ether oxygens (including phenoxy) is 2. The second kappa shape index (κ2) is 4.72. The van der Waals surface area contributed by atoms with Crippen LogP contribution in [-0.2, 0) is 4.74 Å². The van der Waals surface area contributed by atoms with Crippen molar-refractivity contribution in [2.75, 3.05) is 26.1 Å². The number of benzene rings is 1. The molecule has 1 rings (SSSR count). The minimum absolute atomic E-state index is 0.555. The summed E-state index contributed by atoms with van der Waals surface area (Å²) in [6, 6.07) is 5.66. The standard InChI is InChI=1S/C10H15NO2/c1-8-5-9(11)7-10(6-8)13-4-3-12-2/h5-7H,3-4,11H2,1-2H3. The van der Waals surface area contributed by atoms with Crippen molar-refractivity contribution in [1.82, 2.24) is 0 Å². The minimum Gasteiger partial charge on any atom is -0.491 e. The average Bonchev–Trinajstić information content (AvgIpc) is 2.03. The second-order valence-electron chi connectivity index (χ2n) is 2.92. The highest BCUT2D eigenvalue weighted by Crippen LogP contribution is 2.17. The molecule has 0 unspecified atom stereocenters. The molecule has 0 aliphatic carbocycles. The first-order chi connectivity index (χ1) is 6.22. The molecule has 0 heterocycles. The highest BCUT2D eigenvalue weighted by molar-refractivity contribution is 5.47. The topological polar surface area (TPSA) is 44.5 Å². The van der Waals surface area contributed by atoms with Crippen molar-refractivity contribution in [3.63, 3.8) is 0 Å². The molecule has 0 fully saturated rings. The fourth-order valence-corrected chi connectivity index (χ4v) is 1.10. The third kappa shape index (κ3) is 3.34. The molecule has 0 aliphatic heterocycles. The van der Waals surface area contributed by atoms with Crippen LogP contribution < -0.4 is 10.5 Å². The number of nitrogens with two attached hydrogens (primary N) is 1. The van der Waals surface area contributed by atoms with Crippen LogP contribution in [0, 0.1) is 6.92 Å². The van der Waals surface area contributed by atoms with Crippen molar-refractivity contribution in [3.05, 3.63) is 23.8 Å². The van der Waals surface area contributed by atoms with Gasteiger partial charge in [-0.1, -0.05) is 0 Å². The Morgan fingerprint density at radius 1 is 1.23 bits per heavy atom. The lowest BCUT2D eigenvalue weighted by molar-refractivity contribution is 0.146. The SMILES string of the molecule is COCCOc1cc(C)cc(N)c1. The molecule has 0 atom stereocenters. The van der Waals surface area contributed by atoms with Crippen molar-refractivity contribution >= 4 is 5.69 Å². The molecule has 0 amide bonds. The summed E-state index contributed by atoms with van der Waals surface area (Å²) in [6.07, 6.45) is 0. The zero-order valence-corrected chi connectivity index (χ0v) is 8.04. The molecule has 72 valence electrons. The smallest absolute Gasteiger partial charge is 0.121 e. The van der Waals surface area contributed by atoms with Gasteiger partial charge in [0.05, 0.1) is 6.61 Å². The number of methoxy groups -OCH3 is 1. The lowest BCUT2D eigenvalue weighted by atomic mass is 10.2. The molecule has 3 heteroatoms. The monoisotopic (exact) mass is 181 g/mol. The van der Waals surface area contributed by atoms with Crippen molar-refractivity contribution in [1.29, 1.82) is 0 Å². The number of hydrogen-bond acceptors (Lipinski definition) is 3. The Kier molecular flexibility index (Phi) is 3.58. The van der Waals surface area contributed by atoms with E-state index in [1.807, 2.05) is 25.1 Å². The van der Waals surface area contributed by atoms with Gasteiger partial charge in [-0.2, -0.15) is 0 Å². The molecule has 0 radical (unpaired) electrons. The van der Waals surface area contributed by atoms with Gasteiger partial charge in [-0.15, -0.1) is 0 Å². The molecule has 2 N–H and O–H groups in total. The van der Waals surface area contributed by atoms with E-state index in [9.17, 15) is 0 Å². The third-order valence-electron chi connectivity index (χ3n) is 1.63. The van der Waals surface area contributed by atoms with Crippen LogP contribution in [0.5, 0.6) is 5.75 Å². The van der Waals surface area contributed by atoms with Crippen molar-refractivity contribution in [2.24, 2.45) is 0 Å². The van der Waals surface area contributed by atoms with E-state index in [4.69, 9.17) is 15.2 Å². The predicted octanol–water partition coefficient (Wildman–Crippen LogP) is 1.60. The zero-order chi connectivity index (χ0) is 9.68. The van der Waals surface area contributed by atoms with Gasteiger partial charge in [0.25, 0.3) is 0 Å². The molecule has 0 saturated carbocycles. The van der Waals surface area contributed by atoms with Gasteiger partial charge in [-0.3, -0.25) is 0 Å². The molecule has 13 heavy (non-hydrogen) atoms. The Labute approximate surface area is 78.5 Å². The minimum atomic E-state index is 0.555. The first kappa shape index (κ1) is 9.86. The van der Waals surface area contributed by atoms with Gasteiger partial charge in [0, 0.05) is 18.9 Å². The van der Waals surface area contributed by atoms with Crippen LogP contribution in [0.2, 0.25) is 0 Å². The van der Waals surface area contributed by atoms with Gasteiger partial charge in [0.1, 0.15) is 12.4 Å². The van der Waals surface area contributed by atoms with Crippen molar-refractivity contribution in [2.45, 2.75) is 6.92 Å². The van der Waals surface area contributed by atoms with Crippen LogP contribution in [0.4, 0.5) is 5.69 Å². The van der Waals surface area contributed by atoms with E-state index in [1.165, 1.54) is 0 Å². The first-order valence-electron chi connectivity index (χ1n) is 4.21. The molecule has 1 aromatic carbocycles. The zero-order valence-electron chi connectivity index (χ0n) is 8.04. The molecule has 0 bridgehead atoms. The maximum Gasteiger partial charge on any atom is 0.121 e. The van der Waals surface area contributed by atoms with E-state index in [-0.39, 0.29) is 0 Å². The number of aryl methyl sites for hydroxylation is 1.